The maximum Gasteiger partial charge on any atom is 0.266 e. The maximum atomic E-state index is 10.0. The minimum atomic E-state index is -0.866. The molecule has 0 radical (unpaired) electrons. The van der Waals surface area contributed by atoms with Gasteiger partial charge in [-0.25, -0.2) is 19.9 Å². The maximum absolute atomic E-state index is 10.0. The average Bonchev–Trinajstić information content (AvgIpc) is 2.44. The molecule has 0 aliphatic heterocycles. The van der Waals surface area contributed by atoms with Gasteiger partial charge in [0.1, 0.15) is 17.9 Å². The lowest BCUT2D eigenvalue weighted by atomic mass is 10.2. The van der Waals surface area contributed by atoms with E-state index in [1.165, 1.54) is 0 Å². The monoisotopic (exact) mass is 297 g/mol. The Kier molecular flexibility index (Phi) is 7.72. The van der Waals surface area contributed by atoms with Crippen LogP contribution in [0.1, 0.15) is 18.4 Å². The first-order valence-corrected chi connectivity index (χ1v) is 6.38. The number of nitrogens with one attached hydrogen (secondary N) is 1. The summed E-state index contributed by atoms with van der Waals surface area (Å²) in [6.45, 7) is 0.716. The molecule has 1 aromatic carbocycles. The number of nitro groups is 1. The summed E-state index contributed by atoms with van der Waals surface area (Å²) in [6, 6.07) is 9.55. The number of guanidine groups is 1. The Morgan fingerprint density at radius 3 is 2.81 bits per heavy atom. The zero-order valence-corrected chi connectivity index (χ0v) is 11.5. The van der Waals surface area contributed by atoms with Crippen LogP contribution in [-0.2, 0) is 16.4 Å². The lowest BCUT2D eigenvalue weighted by Gasteiger charge is -2.12. The van der Waals surface area contributed by atoms with Crippen LogP contribution < -0.4 is 16.8 Å². The first-order chi connectivity index (χ1) is 10.1. The fourth-order valence-corrected chi connectivity index (χ4v) is 1.45. The van der Waals surface area contributed by atoms with Gasteiger partial charge >= 0.3 is 0 Å². The quantitative estimate of drug-likeness (QED) is 0.113. The minimum Gasteiger partial charge on any atom is -0.365 e. The lowest BCUT2D eigenvalue weighted by Crippen LogP contribution is -2.34. The van der Waals surface area contributed by atoms with Crippen molar-refractivity contribution in [2.45, 2.75) is 25.7 Å². The molecular formula is C12H19N5O4. The molecule has 9 nitrogen and oxygen atoms in total. The molecule has 0 fully saturated rings. The Morgan fingerprint density at radius 1 is 1.43 bits per heavy atom. The molecule has 0 aliphatic rings. The molecule has 0 saturated carbocycles. The summed E-state index contributed by atoms with van der Waals surface area (Å²) < 4.78 is 0. The van der Waals surface area contributed by atoms with E-state index in [0.717, 1.165) is 5.56 Å². The number of hydrogen-bond acceptors (Lipinski definition) is 5. The molecule has 0 aliphatic carbocycles. The van der Waals surface area contributed by atoms with Gasteiger partial charge in [-0.15, -0.1) is 0 Å². The molecule has 1 rings (SSSR count). The van der Waals surface area contributed by atoms with Crippen LogP contribution in [0.4, 0.5) is 0 Å². The van der Waals surface area contributed by atoms with Gasteiger partial charge in [-0.1, -0.05) is 30.3 Å². The zero-order chi connectivity index (χ0) is 15.5. The van der Waals surface area contributed by atoms with E-state index >= 15 is 0 Å². The molecule has 5 N–H and O–H groups in total. The van der Waals surface area contributed by atoms with Gasteiger partial charge in [0.25, 0.3) is 5.96 Å². The molecule has 9 heteroatoms. The van der Waals surface area contributed by atoms with Crippen molar-refractivity contribution in [1.29, 1.82) is 0 Å². The molecule has 0 spiro atoms. The molecule has 1 unspecified atom stereocenters. The van der Waals surface area contributed by atoms with E-state index in [9.17, 15) is 10.1 Å². The van der Waals surface area contributed by atoms with Crippen molar-refractivity contribution in [3.8, 4) is 0 Å². The Bertz CT molecular complexity index is 454. The van der Waals surface area contributed by atoms with Crippen molar-refractivity contribution in [2.75, 3.05) is 6.54 Å². The van der Waals surface area contributed by atoms with E-state index in [1.807, 2.05) is 30.3 Å². The Labute approximate surface area is 122 Å². The van der Waals surface area contributed by atoms with Crippen LogP contribution in [0.2, 0.25) is 0 Å². The van der Waals surface area contributed by atoms with Crippen LogP contribution in [-0.4, -0.2) is 23.8 Å². The highest BCUT2D eigenvalue weighted by atomic mass is 17.2. The topological polar surface area (TPSA) is 138 Å². The standard InChI is InChI=1S/C12H19N5O4/c13-11(7-4-8-15-12(14)16-17(18)19)21-20-9-10-5-2-1-3-6-10/h1-3,5-6,11H,4,7-9,13H2,(H3,14,15,16). The fourth-order valence-electron chi connectivity index (χ4n) is 1.45. The third-order valence-electron chi connectivity index (χ3n) is 2.42. The number of rotatable bonds is 9. The third-order valence-corrected chi connectivity index (χ3v) is 2.42. The van der Waals surface area contributed by atoms with Crippen molar-refractivity contribution < 1.29 is 14.8 Å². The van der Waals surface area contributed by atoms with Crippen LogP contribution in [0.3, 0.4) is 0 Å². The van der Waals surface area contributed by atoms with E-state index in [-0.39, 0.29) is 5.96 Å². The minimum absolute atomic E-state index is 0.241. The molecule has 0 saturated heterocycles. The SMILES string of the molecule is N/C(=N/[N+](=O)[O-])NCCCC(N)OOCc1ccccc1. The van der Waals surface area contributed by atoms with Gasteiger partial charge in [0.05, 0.1) is 0 Å². The average molecular weight is 297 g/mol. The highest BCUT2D eigenvalue weighted by molar-refractivity contribution is 5.76. The summed E-state index contributed by atoms with van der Waals surface area (Å²) in [5, 5.41) is 14.6. The lowest BCUT2D eigenvalue weighted by molar-refractivity contribution is -0.485. The first-order valence-electron chi connectivity index (χ1n) is 6.38. The van der Waals surface area contributed by atoms with E-state index in [1.54, 1.807) is 0 Å². The third kappa shape index (κ3) is 8.52. The molecule has 0 amide bonds. The molecular weight excluding hydrogens is 278 g/mol. The van der Waals surface area contributed by atoms with Crippen LogP contribution >= 0.6 is 0 Å². The van der Waals surface area contributed by atoms with Gasteiger partial charge in [0, 0.05) is 6.54 Å². The van der Waals surface area contributed by atoms with Gasteiger partial charge in [0.2, 0.25) is 0 Å². The molecule has 1 aromatic rings. The van der Waals surface area contributed by atoms with E-state index < -0.39 is 11.3 Å². The highest BCUT2D eigenvalue weighted by Crippen LogP contribution is 2.03. The Morgan fingerprint density at radius 2 is 2.14 bits per heavy atom. The van der Waals surface area contributed by atoms with E-state index in [0.29, 0.717) is 26.0 Å². The van der Waals surface area contributed by atoms with E-state index in [4.69, 9.17) is 21.2 Å². The second-order valence-corrected chi connectivity index (χ2v) is 4.17. The Balaban J connectivity index is 2.06. The summed E-state index contributed by atoms with van der Waals surface area (Å²) in [7, 11) is 0. The van der Waals surface area contributed by atoms with Gasteiger partial charge in [0.15, 0.2) is 5.03 Å². The van der Waals surface area contributed by atoms with Crippen LogP contribution in [0.15, 0.2) is 35.4 Å². The van der Waals surface area contributed by atoms with Gasteiger partial charge in [-0.2, -0.15) is 0 Å². The molecule has 1 atom stereocenters. The second-order valence-electron chi connectivity index (χ2n) is 4.17. The van der Waals surface area contributed by atoms with Crippen molar-refractivity contribution >= 4 is 5.96 Å². The molecule has 0 heterocycles. The van der Waals surface area contributed by atoms with Gasteiger partial charge in [-0.05, 0) is 18.4 Å². The first kappa shape index (κ1) is 16.8. The summed E-state index contributed by atoms with van der Waals surface area (Å²) >= 11 is 0. The number of benzene rings is 1. The normalized spacial score (nSPS) is 12.9. The van der Waals surface area contributed by atoms with Crippen molar-refractivity contribution in [1.82, 2.24) is 5.32 Å². The van der Waals surface area contributed by atoms with Crippen molar-refractivity contribution in [3.05, 3.63) is 46.0 Å². The summed E-state index contributed by atoms with van der Waals surface area (Å²) in [6.07, 6.45) is 0.529. The van der Waals surface area contributed by atoms with Crippen LogP contribution in [0.25, 0.3) is 0 Å². The number of hydrogen-bond donors (Lipinski definition) is 3. The summed E-state index contributed by atoms with van der Waals surface area (Å²) in [4.78, 5) is 20.1. The number of nitrogens with two attached hydrogens (primary N) is 2. The Hall–Kier alpha value is -2.23. The second kappa shape index (κ2) is 9.64. The predicted octanol–water partition coefficient (Wildman–Crippen LogP) is 0.296. The van der Waals surface area contributed by atoms with E-state index in [2.05, 4.69) is 10.4 Å². The smallest absolute Gasteiger partial charge is 0.266 e. The van der Waals surface area contributed by atoms with Crippen molar-refractivity contribution in [2.24, 2.45) is 16.6 Å². The summed E-state index contributed by atoms with van der Waals surface area (Å²) in [5.74, 6) is -0.241. The van der Waals surface area contributed by atoms with Gasteiger partial charge in [-0.3, -0.25) is 0 Å². The van der Waals surface area contributed by atoms with Gasteiger partial charge < -0.3 is 16.8 Å². The highest BCUT2D eigenvalue weighted by Gasteiger charge is 2.04. The van der Waals surface area contributed by atoms with Crippen LogP contribution in [0, 0.1) is 10.1 Å². The zero-order valence-electron chi connectivity index (χ0n) is 11.5. The molecule has 0 bridgehead atoms. The summed E-state index contributed by atoms with van der Waals surface area (Å²) in [5.41, 5.74) is 11.9. The largest absolute Gasteiger partial charge is 0.365 e. The van der Waals surface area contributed by atoms with Crippen LogP contribution in [0.5, 0.6) is 0 Å². The predicted molar refractivity (Wildman–Crippen MR) is 76.1 cm³/mol. The number of hydrazone groups is 1. The number of nitrogens with zero attached hydrogens (tertiary/aromatic N) is 2. The molecule has 116 valence electrons. The van der Waals surface area contributed by atoms with Crippen molar-refractivity contribution in [3.63, 3.8) is 0 Å². The molecule has 21 heavy (non-hydrogen) atoms. The molecule has 0 aromatic heterocycles. The fraction of sp³-hybridized carbons (Fsp3) is 0.417.